The fourth-order valence-corrected chi connectivity index (χ4v) is 3.47. The molecule has 1 atom stereocenters. The SMILES string of the molecule is C=CC[N+]1(CCC(C)CCCC(C)C)CCCCC1.[Br-]. The highest BCUT2D eigenvalue weighted by Gasteiger charge is 2.28. The molecule has 0 amide bonds. The van der Waals surface area contributed by atoms with Crippen molar-refractivity contribution in [1.82, 2.24) is 0 Å². The molecule has 1 nitrogen and oxygen atoms in total. The molecule has 0 saturated carbocycles. The second-order valence-corrected chi connectivity index (χ2v) is 7.26. The maximum atomic E-state index is 3.98. The highest BCUT2D eigenvalue weighted by Crippen LogP contribution is 2.23. The van der Waals surface area contributed by atoms with E-state index < -0.39 is 0 Å². The van der Waals surface area contributed by atoms with Gasteiger partial charge in [-0.2, -0.15) is 0 Å². The Kier molecular flexibility index (Phi) is 10.9. The number of hydrogen-bond acceptors (Lipinski definition) is 0. The van der Waals surface area contributed by atoms with Crippen molar-refractivity contribution in [3.63, 3.8) is 0 Å². The molecule has 0 radical (unpaired) electrons. The van der Waals surface area contributed by atoms with Crippen LogP contribution in [-0.4, -0.2) is 30.7 Å². The molecule has 0 aromatic heterocycles. The number of hydrogen-bond donors (Lipinski definition) is 0. The average Bonchev–Trinajstić information content (AvgIpc) is 2.38. The largest absolute Gasteiger partial charge is 1.00 e. The first-order valence-electron chi connectivity index (χ1n) is 8.54. The van der Waals surface area contributed by atoms with E-state index in [1.54, 1.807) is 0 Å². The van der Waals surface area contributed by atoms with Crippen molar-refractivity contribution in [3.05, 3.63) is 12.7 Å². The van der Waals surface area contributed by atoms with Gasteiger partial charge in [-0.1, -0.05) is 46.6 Å². The van der Waals surface area contributed by atoms with Crippen molar-refractivity contribution in [2.75, 3.05) is 26.2 Å². The van der Waals surface area contributed by atoms with Crippen LogP contribution < -0.4 is 17.0 Å². The number of quaternary nitrogens is 1. The first-order valence-corrected chi connectivity index (χ1v) is 8.54. The third-order valence-electron chi connectivity index (χ3n) is 4.86. The van der Waals surface area contributed by atoms with Crippen molar-refractivity contribution < 1.29 is 21.5 Å². The average molecular weight is 346 g/mol. The van der Waals surface area contributed by atoms with Crippen molar-refractivity contribution in [2.24, 2.45) is 11.8 Å². The number of rotatable bonds is 9. The van der Waals surface area contributed by atoms with Gasteiger partial charge in [-0.15, -0.1) is 0 Å². The molecule has 0 aliphatic carbocycles. The number of nitrogens with zero attached hydrogens (tertiary/aromatic N) is 1. The smallest absolute Gasteiger partial charge is 0.0971 e. The normalized spacial score (nSPS) is 19.4. The lowest BCUT2D eigenvalue weighted by Gasteiger charge is -2.41. The molecule has 1 aliphatic rings. The van der Waals surface area contributed by atoms with E-state index in [1.165, 1.54) is 75.6 Å². The van der Waals surface area contributed by atoms with Crippen LogP contribution in [0.3, 0.4) is 0 Å². The zero-order valence-electron chi connectivity index (χ0n) is 14.0. The number of likely N-dealkylation sites (tertiary alicyclic amines) is 1. The topological polar surface area (TPSA) is 0 Å². The fourth-order valence-electron chi connectivity index (χ4n) is 3.47. The van der Waals surface area contributed by atoms with E-state index in [0.29, 0.717) is 0 Å². The van der Waals surface area contributed by atoms with Crippen LogP contribution in [0.15, 0.2) is 12.7 Å². The molecule has 1 unspecified atom stereocenters. The second-order valence-electron chi connectivity index (χ2n) is 7.26. The molecule has 1 fully saturated rings. The van der Waals surface area contributed by atoms with Gasteiger partial charge in [0.1, 0.15) is 0 Å². The minimum absolute atomic E-state index is 0. The van der Waals surface area contributed by atoms with Crippen molar-refractivity contribution in [1.29, 1.82) is 0 Å². The van der Waals surface area contributed by atoms with Crippen LogP contribution in [-0.2, 0) is 0 Å². The summed E-state index contributed by atoms with van der Waals surface area (Å²) in [7, 11) is 0. The second kappa shape index (κ2) is 10.8. The van der Waals surface area contributed by atoms with Gasteiger partial charge in [-0.25, -0.2) is 0 Å². The molecule has 0 spiro atoms. The quantitative estimate of drug-likeness (QED) is 0.443. The first-order chi connectivity index (χ1) is 9.08. The summed E-state index contributed by atoms with van der Waals surface area (Å²) in [5.74, 6) is 1.77. The third kappa shape index (κ3) is 7.83. The van der Waals surface area contributed by atoms with Gasteiger partial charge in [0.2, 0.25) is 0 Å². The van der Waals surface area contributed by atoms with Gasteiger partial charge < -0.3 is 21.5 Å². The molecule has 1 aliphatic heterocycles. The summed E-state index contributed by atoms with van der Waals surface area (Å²) >= 11 is 0. The van der Waals surface area contributed by atoms with Gasteiger partial charge in [0.25, 0.3) is 0 Å². The molecule has 20 heavy (non-hydrogen) atoms. The van der Waals surface area contributed by atoms with E-state index in [1.807, 2.05) is 0 Å². The molecule has 1 heterocycles. The van der Waals surface area contributed by atoms with Crippen LogP contribution in [0.25, 0.3) is 0 Å². The predicted molar refractivity (Wildman–Crippen MR) is 86.2 cm³/mol. The van der Waals surface area contributed by atoms with Gasteiger partial charge in [-0.05, 0) is 43.6 Å². The minimum atomic E-state index is 0. The molecule has 1 saturated heterocycles. The molecule has 2 heteroatoms. The Morgan fingerprint density at radius 3 is 2.20 bits per heavy atom. The summed E-state index contributed by atoms with van der Waals surface area (Å²) in [6.45, 7) is 16.5. The van der Waals surface area contributed by atoms with Gasteiger partial charge in [0.05, 0.1) is 26.2 Å². The third-order valence-corrected chi connectivity index (χ3v) is 4.86. The Morgan fingerprint density at radius 1 is 1.00 bits per heavy atom. The highest BCUT2D eigenvalue weighted by atomic mass is 79.9. The van der Waals surface area contributed by atoms with E-state index >= 15 is 0 Å². The predicted octanol–water partition coefficient (Wildman–Crippen LogP) is 2.03. The van der Waals surface area contributed by atoms with Crippen molar-refractivity contribution in [3.8, 4) is 0 Å². The zero-order valence-corrected chi connectivity index (χ0v) is 15.6. The maximum absolute atomic E-state index is 3.98. The summed E-state index contributed by atoms with van der Waals surface area (Å²) in [6.07, 6.45) is 12.1. The zero-order chi connectivity index (χ0) is 14.1. The number of halogens is 1. The Bertz CT molecular complexity index is 244. The van der Waals surface area contributed by atoms with Gasteiger partial charge in [0, 0.05) is 0 Å². The lowest BCUT2D eigenvalue weighted by molar-refractivity contribution is -0.927. The first kappa shape index (κ1) is 20.2. The van der Waals surface area contributed by atoms with Gasteiger partial charge >= 0.3 is 0 Å². The molecule has 0 N–H and O–H groups in total. The minimum Gasteiger partial charge on any atom is -1.00 e. The maximum Gasteiger partial charge on any atom is 0.0971 e. The summed E-state index contributed by atoms with van der Waals surface area (Å²) in [6, 6.07) is 0. The van der Waals surface area contributed by atoms with E-state index in [2.05, 4.69) is 33.4 Å². The molecule has 0 bridgehead atoms. The fraction of sp³-hybridized carbons (Fsp3) is 0.889. The van der Waals surface area contributed by atoms with Crippen molar-refractivity contribution >= 4 is 0 Å². The van der Waals surface area contributed by atoms with Gasteiger partial charge in [-0.3, -0.25) is 0 Å². The highest BCUT2D eigenvalue weighted by molar-refractivity contribution is 4.69. The van der Waals surface area contributed by atoms with Gasteiger partial charge in [0.15, 0.2) is 0 Å². The van der Waals surface area contributed by atoms with E-state index in [9.17, 15) is 0 Å². The van der Waals surface area contributed by atoms with Crippen LogP contribution in [0, 0.1) is 11.8 Å². The van der Waals surface area contributed by atoms with Crippen LogP contribution in [0.1, 0.15) is 65.7 Å². The summed E-state index contributed by atoms with van der Waals surface area (Å²) in [5.41, 5.74) is 0. The molecule has 0 aromatic rings. The Morgan fingerprint density at radius 2 is 1.65 bits per heavy atom. The van der Waals surface area contributed by atoms with Crippen molar-refractivity contribution in [2.45, 2.75) is 65.7 Å². The lowest BCUT2D eigenvalue weighted by atomic mass is 9.96. The Labute approximate surface area is 138 Å². The lowest BCUT2D eigenvalue weighted by Crippen LogP contribution is -3.00. The number of piperidine rings is 1. The molecular formula is C18H36BrN. The van der Waals surface area contributed by atoms with Crippen LogP contribution in [0.5, 0.6) is 0 Å². The molecular weight excluding hydrogens is 310 g/mol. The Hall–Kier alpha value is 0.180. The van der Waals surface area contributed by atoms with Crippen LogP contribution in [0.2, 0.25) is 0 Å². The Balaban J connectivity index is 0.00000361. The molecule has 1 rings (SSSR count). The summed E-state index contributed by atoms with van der Waals surface area (Å²) in [4.78, 5) is 0. The van der Waals surface area contributed by atoms with E-state index in [4.69, 9.17) is 0 Å². The monoisotopic (exact) mass is 345 g/mol. The summed E-state index contributed by atoms with van der Waals surface area (Å²) in [5, 5.41) is 0. The van der Waals surface area contributed by atoms with E-state index in [0.717, 1.165) is 11.8 Å². The molecule has 0 aromatic carbocycles. The standard InChI is InChI=1S/C18H36N.BrH/c1-5-13-19(14-7-6-8-15-19)16-12-18(4)11-9-10-17(2)3;/h5,17-18H,1,6-16H2,2-4H3;1H/q+1;/p-1. The molecule has 120 valence electrons. The van der Waals surface area contributed by atoms with Crippen LogP contribution >= 0.6 is 0 Å². The van der Waals surface area contributed by atoms with Crippen LogP contribution in [0.4, 0.5) is 0 Å². The van der Waals surface area contributed by atoms with E-state index in [-0.39, 0.29) is 17.0 Å². The summed E-state index contributed by atoms with van der Waals surface area (Å²) < 4.78 is 1.33.